The molecule has 0 saturated heterocycles. The molecule has 0 bridgehead atoms. The maximum Gasteiger partial charge on any atom is 0.265 e. The van der Waals surface area contributed by atoms with E-state index in [4.69, 9.17) is 15.2 Å². The highest BCUT2D eigenvalue weighted by atomic mass is 32.1. The van der Waals surface area contributed by atoms with E-state index in [-0.39, 0.29) is 11.9 Å². The Kier molecular flexibility index (Phi) is 4.71. The Hall–Kier alpha value is -2.19. The summed E-state index contributed by atoms with van der Waals surface area (Å²) in [6.45, 7) is 1.80. The maximum absolute atomic E-state index is 12.4. The molecule has 1 heterocycles. The minimum atomic E-state index is -0.378. The summed E-state index contributed by atoms with van der Waals surface area (Å²) >= 11 is 1.23. The molecule has 1 atom stereocenters. The van der Waals surface area contributed by atoms with Gasteiger partial charge >= 0.3 is 0 Å². The fourth-order valence-electron chi connectivity index (χ4n) is 1.70. The summed E-state index contributed by atoms with van der Waals surface area (Å²) in [5.41, 5.74) is 6.02. The minimum Gasteiger partial charge on any atom is -0.496 e. The minimum absolute atomic E-state index is 0.228. The van der Waals surface area contributed by atoms with E-state index >= 15 is 0 Å². The summed E-state index contributed by atoms with van der Waals surface area (Å²) in [5.74, 6) is 0.462. The van der Waals surface area contributed by atoms with Crippen molar-refractivity contribution in [3.8, 4) is 11.5 Å². The van der Waals surface area contributed by atoms with E-state index in [9.17, 15) is 4.79 Å². The molecule has 0 saturated carbocycles. The van der Waals surface area contributed by atoms with E-state index in [0.717, 1.165) is 0 Å². The smallest absolute Gasteiger partial charge is 0.265 e. The van der Waals surface area contributed by atoms with E-state index < -0.39 is 0 Å². The number of hydrogen-bond donors (Lipinski definition) is 2. The van der Waals surface area contributed by atoms with Gasteiger partial charge in [0.2, 0.25) is 5.13 Å². The average molecular weight is 308 g/mol. The number of benzene rings is 1. The van der Waals surface area contributed by atoms with E-state index in [1.807, 2.05) is 0 Å². The number of hydrogen-bond acceptors (Lipinski definition) is 7. The molecule has 2 rings (SSSR count). The van der Waals surface area contributed by atoms with Crippen LogP contribution in [-0.4, -0.2) is 30.3 Å². The zero-order valence-corrected chi connectivity index (χ0v) is 12.7. The first-order valence-electron chi connectivity index (χ1n) is 6.18. The maximum atomic E-state index is 12.4. The summed E-state index contributed by atoms with van der Waals surface area (Å²) in [6.07, 6.45) is 0. The highest BCUT2D eigenvalue weighted by molar-refractivity contribution is 7.15. The van der Waals surface area contributed by atoms with Crippen LogP contribution < -0.4 is 20.5 Å². The summed E-state index contributed by atoms with van der Waals surface area (Å²) in [4.78, 5) is 12.4. The van der Waals surface area contributed by atoms with Crippen LogP contribution in [0.25, 0.3) is 0 Å². The van der Waals surface area contributed by atoms with Crippen molar-refractivity contribution in [3.63, 3.8) is 0 Å². The lowest BCUT2D eigenvalue weighted by molar-refractivity contribution is 0.102. The molecule has 3 N–H and O–H groups in total. The van der Waals surface area contributed by atoms with Crippen LogP contribution in [0.4, 0.5) is 5.13 Å². The van der Waals surface area contributed by atoms with E-state index in [1.54, 1.807) is 25.1 Å². The van der Waals surface area contributed by atoms with Gasteiger partial charge in [0.05, 0.1) is 20.3 Å². The van der Waals surface area contributed by atoms with Gasteiger partial charge in [-0.2, -0.15) is 0 Å². The van der Waals surface area contributed by atoms with Crippen LogP contribution in [0.1, 0.15) is 28.3 Å². The van der Waals surface area contributed by atoms with Gasteiger partial charge in [0.15, 0.2) is 0 Å². The van der Waals surface area contributed by atoms with E-state index in [2.05, 4.69) is 15.5 Å². The average Bonchev–Trinajstić information content (AvgIpc) is 2.94. The number of amides is 1. The third kappa shape index (κ3) is 3.29. The molecular formula is C13H16N4O3S. The van der Waals surface area contributed by atoms with Crippen LogP contribution in [0, 0.1) is 0 Å². The monoisotopic (exact) mass is 308 g/mol. The van der Waals surface area contributed by atoms with Gasteiger partial charge in [0, 0.05) is 0 Å². The molecule has 0 radical (unpaired) electrons. The van der Waals surface area contributed by atoms with Gasteiger partial charge in [-0.1, -0.05) is 17.4 Å². The Labute approximate surface area is 126 Å². The van der Waals surface area contributed by atoms with Crippen molar-refractivity contribution < 1.29 is 14.3 Å². The Morgan fingerprint density at radius 2 is 1.90 bits per heavy atom. The molecule has 1 aromatic carbocycles. The molecular weight excluding hydrogens is 292 g/mol. The third-order valence-electron chi connectivity index (χ3n) is 2.71. The number of methoxy groups -OCH3 is 2. The quantitative estimate of drug-likeness (QED) is 0.874. The van der Waals surface area contributed by atoms with Gasteiger partial charge < -0.3 is 15.2 Å². The molecule has 7 nitrogen and oxygen atoms in total. The van der Waals surface area contributed by atoms with Crippen molar-refractivity contribution in [2.75, 3.05) is 19.5 Å². The van der Waals surface area contributed by atoms with Gasteiger partial charge in [-0.05, 0) is 19.1 Å². The molecule has 0 fully saturated rings. The lowest BCUT2D eigenvalue weighted by Crippen LogP contribution is -2.14. The van der Waals surface area contributed by atoms with Gasteiger partial charge in [-0.15, -0.1) is 10.2 Å². The molecule has 112 valence electrons. The molecule has 0 aliphatic rings. The van der Waals surface area contributed by atoms with E-state index in [0.29, 0.717) is 27.2 Å². The second-order valence-corrected chi connectivity index (χ2v) is 5.23. The number of ether oxygens (including phenoxy) is 2. The zero-order valence-electron chi connectivity index (χ0n) is 11.9. The summed E-state index contributed by atoms with van der Waals surface area (Å²) in [7, 11) is 2.98. The molecule has 2 aromatic rings. The largest absolute Gasteiger partial charge is 0.496 e. The van der Waals surface area contributed by atoms with Crippen LogP contribution in [0.15, 0.2) is 18.2 Å². The lowest BCUT2D eigenvalue weighted by atomic mass is 10.1. The molecule has 0 aliphatic heterocycles. The summed E-state index contributed by atoms with van der Waals surface area (Å²) in [5, 5.41) is 11.5. The standard InChI is InChI=1S/C13H16N4O3S/c1-7(14)12-16-17-13(21-12)15-11(18)10-8(19-2)5-4-6-9(10)20-3/h4-7H,14H2,1-3H3,(H,15,17,18). The molecule has 1 aromatic heterocycles. The Morgan fingerprint density at radius 3 is 2.38 bits per heavy atom. The number of nitrogens with zero attached hydrogens (tertiary/aromatic N) is 2. The fourth-order valence-corrected chi connectivity index (χ4v) is 2.39. The van der Waals surface area contributed by atoms with Gasteiger partial charge in [0.25, 0.3) is 5.91 Å². The number of carbonyl (C=O) groups is 1. The zero-order chi connectivity index (χ0) is 15.4. The molecule has 0 spiro atoms. The number of nitrogens with two attached hydrogens (primary N) is 1. The highest BCUT2D eigenvalue weighted by Crippen LogP contribution is 2.29. The summed E-state index contributed by atoms with van der Waals surface area (Å²) < 4.78 is 10.4. The Bertz CT molecular complexity index is 620. The predicted octanol–water partition coefficient (Wildman–Crippen LogP) is 1.83. The number of carbonyl (C=O) groups excluding carboxylic acids is 1. The van der Waals surface area contributed by atoms with Crippen molar-refractivity contribution >= 4 is 22.4 Å². The van der Waals surface area contributed by atoms with Gasteiger partial charge in [-0.25, -0.2) is 0 Å². The number of aromatic nitrogens is 2. The second-order valence-electron chi connectivity index (χ2n) is 4.23. The topological polar surface area (TPSA) is 99.4 Å². The molecule has 8 heteroatoms. The first-order chi connectivity index (χ1) is 10.1. The molecule has 0 aliphatic carbocycles. The molecule has 1 amide bonds. The van der Waals surface area contributed by atoms with Crippen molar-refractivity contribution in [1.29, 1.82) is 0 Å². The Morgan fingerprint density at radius 1 is 1.29 bits per heavy atom. The van der Waals surface area contributed by atoms with Crippen LogP contribution in [0.3, 0.4) is 0 Å². The van der Waals surface area contributed by atoms with Crippen LogP contribution in [0.5, 0.6) is 11.5 Å². The first-order valence-corrected chi connectivity index (χ1v) is 6.99. The van der Waals surface area contributed by atoms with Crippen molar-refractivity contribution in [2.24, 2.45) is 5.73 Å². The number of anilines is 1. The fraction of sp³-hybridized carbons (Fsp3) is 0.308. The van der Waals surface area contributed by atoms with E-state index in [1.165, 1.54) is 25.6 Å². The van der Waals surface area contributed by atoms with Gasteiger partial charge in [0.1, 0.15) is 22.1 Å². The highest BCUT2D eigenvalue weighted by Gasteiger charge is 2.20. The predicted molar refractivity (Wildman–Crippen MR) is 80.0 cm³/mol. The lowest BCUT2D eigenvalue weighted by Gasteiger charge is -2.11. The second kappa shape index (κ2) is 6.51. The first kappa shape index (κ1) is 15.2. The van der Waals surface area contributed by atoms with Crippen LogP contribution in [0.2, 0.25) is 0 Å². The van der Waals surface area contributed by atoms with Crippen molar-refractivity contribution in [3.05, 3.63) is 28.8 Å². The molecule has 21 heavy (non-hydrogen) atoms. The van der Waals surface area contributed by atoms with Crippen LogP contribution >= 0.6 is 11.3 Å². The molecule has 1 unspecified atom stereocenters. The number of rotatable bonds is 5. The SMILES string of the molecule is COc1cccc(OC)c1C(=O)Nc1nnc(C(C)N)s1. The van der Waals surface area contributed by atoms with Crippen LogP contribution in [-0.2, 0) is 0 Å². The van der Waals surface area contributed by atoms with Crippen molar-refractivity contribution in [2.45, 2.75) is 13.0 Å². The third-order valence-corrected chi connectivity index (χ3v) is 3.75. The normalized spacial score (nSPS) is 11.8. The number of nitrogens with one attached hydrogen (secondary N) is 1. The summed E-state index contributed by atoms with van der Waals surface area (Å²) in [6, 6.07) is 4.89. The van der Waals surface area contributed by atoms with Gasteiger partial charge in [-0.3, -0.25) is 10.1 Å². The Balaban J connectivity index is 2.27. The van der Waals surface area contributed by atoms with Crippen molar-refractivity contribution in [1.82, 2.24) is 10.2 Å².